The monoisotopic (exact) mass is 375 g/mol. The van der Waals surface area contributed by atoms with Gasteiger partial charge in [-0.25, -0.2) is 9.78 Å². The summed E-state index contributed by atoms with van der Waals surface area (Å²) >= 11 is 1.00. The molecule has 0 unspecified atom stereocenters. The molecule has 0 aliphatic carbocycles. The number of hydrogen-bond acceptors (Lipinski definition) is 6. The Bertz CT molecular complexity index is 1060. The number of aromatic nitrogens is 2. The second kappa shape index (κ2) is 6.75. The number of thiophene rings is 1. The lowest BCUT2D eigenvalue weighted by Crippen LogP contribution is -2.24. The SMILES string of the molecule is Cc1oc2ncn(CC(C)C)c(=O)c2c1C(=O)Nc1ccsc1C(=O)O. The number of carbonyl (C=O) groups excluding carboxylic acids is 1. The molecular formula is C17H17N3O5S. The molecule has 3 rings (SSSR count). The van der Waals surface area contributed by atoms with Crippen LogP contribution in [0.5, 0.6) is 0 Å². The molecule has 0 saturated carbocycles. The molecule has 8 nitrogen and oxygen atoms in total. The highest BCUT2D eigenvalue weighted by atomic mass is 32.1. The third-order valence-electron chi connectivity index (χ3n) is 3.75. The summed E-state index contributed by atoms with van der Waals surface area (Å²) in [6.45, 7) is 5.96. The molecule has 0 radical (unpaired) electrons. The highest BCUT2D eigenvalue weighted by molar-refractivity contribution is 7.12. The number of carboxylic acids is 1. The molecular weight excluding hydrogens is 358 g/mol. The largest absolute Gasteiger partial charge is 0.477 e. The van der Waals surface area contributed by atoms with E-state index in [1.165, 1.54) is 17.0 Å². The Balaban J connectivity index is 2.07. The van der Waals surface area contributed by atoms with Crippen LogP contribution in [-0.2, 0) is 6.54 Å². The molecule has 0 atom stereocenters. The number of aromatic carboxylic acids is 1. The van der Waals surface area contributed by atoms with Gasteiger partial charge in [-0.2, -0.15) is 0 Å². The number of aryl methyl sites for hydroxylation is 1. The van der Waals surface area contributed by atoms with Crippen molar-refractivity contribution in [1.29, 1.82) is 0 Å². The number of hydrogen-bond donors (Lipinski definition) is 2. The summed E-state index contributed by atoms with van der Waals surface area (Å²) in [6, 6.07) is 1.50. The van der Waals surface area contributed by atoms with Gasteiger partial charge in [-0.3, -0.25) is 14.2 Å². The lowest BCUT2D eigenvalue weighted by molar-refractivity contribution is 0.0703. The van der Waals surface area contributed by atoms with Gasteiger partial charge in [-0.15, -0.1) is 11.3 Å². The van der Waals surface area contributed by atoms with Crippen LogP contribution in [0.15, 0.2) is 27.0 Å². The van der Waals surface area contributed by atoms with Crippen LogP contribution >= 0.6 is 11.3 Å². The standard InChI is InChI=1S/C17H17N3O5S/c1-8(2)6-20-7-18-15-12(16(20)22)11(9(3)25-15)14(21)19-10-4-5-26-13(10)17(23)24/h4-5,7-8H,6H2,1-3H3,(H,19,21)(H,23,24). The minimum absolute atomic E-state index is 0.0131. The van der Waals surface area contributed by atoms with Gasteiger partial charge < -0.3 is 14.8 Å². The number of furan rings is 1. The Morgan fingerprint density at radius 2 is 2.15 bits per heavy atom. The van der Waals surface area contributed by atoms with Crippen LogP contribution in [0.3, 0.4) is 0 Å². The van der Waals surface area contributed by atoms with Crippen molar-refractivity contribution >= 4 is 40.0 Å². The molecule has 0 aliphatic heterocycles. The fourth-order valence-electron chi connectivity index (χ4n) is 2.69. The molecule has 0 spiro atoms. The zero-order valence-electron chi connectivity index (χ0n) is 14.4. The molecule has 136 valence electrons. The molecule has 26 heavy (non-hydrogen) atoms. The first-order valence-electron chi connectivity index (χ1n) is 7.90. The number of carbonyl (C=O) groups is 2. The van der Waals surface area contributed by atoms with Gasteiger partial charge >= 0.3 is 5.97 Å². The minimum Gasteiger partial charge on any atom is -0.477 e. The number of anilines is 1. The van der Waals surface area contributed by atoms with Crippen molar-refractivity contribution in [2.24, 2.45) is 5.92 Å². The Hall–Kier alpha value is -2.94. The van der Waals surface area contributed by atoms with Gasteiger partial charge in [0.15, 0.2) is 0 Å². The first-order chi connectivity index (χ1) is 12.3. The van der Waals surface area contributed by atoms with Gasteiger partial charge in [-0.1, -0.05) is 13.8 Å². The van der Waals surface area contributed by atoms with Crippen molar-refractivity contribution in [2.45, 2.75) is 27.3 Å². The summed E-state index contributed by atoms with van der Waals surface area (Å²) in [5.41, 5.74) is -0.0401. The van der Waals surface area contributed by atoms with E-state index in [0.717, 1.165) is 11.3 Å². The molecule has 0 saturated heterocycles. The summed E-state index contributed by atoms with van der Waals surface area (Å²) in [7, 11) is 0. The first kappa shape index (κ1) is 17.9. The van der Waals surface area contributed by atoms with E-state index >= 15 is 0 Å². The van der Waals surface area contributed by atoms with Gasteiger partial charge in [0.25, 0.3) is 11.5 Å². The number of carboxylic acid groups (broad SMARTS) is 1. The summed E-state index contributed by atoms with van der Waals surface area (Å²) in [6.07, 6.45) is 1.40. The molecule has 3 aromatic rings. The number of nitrogens with one attached hydrogen (secondary N) is 1. The number of amides is 1. The van der Waals surface area contributed by atoms with E-state index in [9.17, 15) is 14.4 Å². The highest BCUT2D eigenvalue weighted by Crippen LogP contribution is 2.26. The Kier molecular flexibility index (Phi) is 4.64. The maximum Gasteiger partial charge on any atom is 0.348 e. The van der Waals surface area contributed by atoms with E-state index in [-0.39, 0.29) is 44.5 Å². The molecule has 3 aromatic heterocycles. The summed E-state index contributed by atoms with van der Waals surface area (Å²) in [4.78, 5) is 40.9. The van der Waals surface area contributed by atoms with Gasteiger partial charge in [-0.05, 0) is 24.3 Å². The third-order valence-corrected chi connectivity index (χ3v) is 4.65. The summed E-state index contributed by atoms with van der Waals surface area (Å²) < 4.78 is 6.90. The number of rotatable bonds is 5. The van der Waals surface area contributed by atoms with Gasteiger partial charge in [0.05, 0.1) is 11.3 Å². The quantitative estimate of drug-likeness (QED) is 0.708. The van der Waals surface area contributed by atoms with Crippen LogP contribution in [0.25, 0.3) is 11.1 Å². The highest BCUT2D eigenvalue weighted by Gasteiger charge is 2.24. The fraction of sp³-hybridized carbons (Fsp3) is 0.294. The van der Waals surface area contributed by atoms with Crippen molar-refractivity contribution in [3.05, 3.63) is 44.3 Å². The molecule has 2 N–H and O–H groups in total. The van der Waals surface area contributed by atoms with Gasteiger partial charge in [0, 0.05) is 6.54 Å². The second-order valence-electron chi connectivity index (χ2n) is 6.23. The van der Waals surface area contributed by atoms with E-state index in [0.29, 0.717) is 6.54 Å². The Morgan fingerprint density at radius 3 is 2.81 bits per heavy atom. The molecule has 1 amide bonds. The first-order valence-corrected chi connectivity index (χ1v) is 8.78. The average Bonchev–Trinajstić information content (AvgIpc) is 3.13. The van der Waals surface area contributed by atoms with Crippen LogP contribution in [-0.4, -0.2) is 26.5 Å². The van der Waals surface area contributed by atoms with Crippen LogP contribution in [0.2, 0.25) is 0 Å². The van der Waals surface area contributed by atoms with E-state index in [1.807, 2.05) is 13.8 Å². The van der Waals surface area contributed by atoms with Crippen molar-refractivity contribution in [3.63, 3.8) is 0 Å². The molecule has 0 fully saturated rings. The summed E-state index contributed by atoms with van der Waals surface area (Å²) in [5.74, 6) is -1.27. The molecule has 9 heteroatoms. The lowest BCUT2D eigenvalue weighted by Gasteiger charge is -2.08. The minimum atomic E-state index is -1.13. The molecule has 0 bridgehead atoms. The number of fused-ring (bicyclic) bond motifs is 1. The normalized spacial score (nSPS) is 11.2. The van der Waals surface area contributed by atoms with Crippen molar-refractivity contribution < 1.29 is 19.1 Å². The Labute approximate surface area is 152 Å². The maximum atomic E-state index is 12.8. The van der Waals surface area contributed by atoms with E-state index in [4.69, 9.17) is 9.52 Å². The van der Waals surface area contributed by atoms with E-state index in [1.54, 1.807) is 12.3 Å². The lowest BCUT2D eigenvalue weighted by atomic mass is 10.1. The zero-order chi connectivity index (χ0) is 19.0. The predicted octanol–water partition coefficient (Wildman–Crippen LogP) is 2.97. The fourth-order valence-corrected chi connectivity index (χ4v) is 3.38. The second-order valence-corrected chi connectivity index (χ2v) is 7.15. The van der Waals surface area contributed by atoms with E-state index < -0.39 is 11.9 Å². The molecule has 3 heterocycles. The van der Waals surface area contributed by atoms with Gasteiger partial charge in [0.2, 0.25) is 5.71 Å². The van der Waals surface area contributed by atoms with Crippen molar-refractivity contribution in [2.75, 3.05) is 5.32 Å². The van der Waals surface area contributed by atoms with Crippen LogP contribution < -0.4 is 10.9 Å². The van der Waals surface area contributed by atoms with Crippen LogP contribution in [0.4, 0.5) is 5.69 Å². The molecule has 0 aliphatic rings. The van der Waals surface area contributed by atoms with Crippen molar-refractivity contribution in [1.82, 2.24) is 9.55 Å². The van der Waals surface area contributed by atoms with Crippen LogP contribution in [0.1, 0.15) is 39.6 Å². The molecule has 0 aromatic carbocycles. The van der Waals surface area contributed by atoms with Gasteiger partial charge in [0.1, 0.15) is 22.4 Å². The maximum absolute atomic E-state index is 12.8. The average molecular weight is 375 g/mol. The third kappa shape index (κ3) is 3.13. The smallest absolute Gasteiger partial charge is 0.348 e. The predicted molar refractivity (Wildman–Crippen MR) is 97.1 cm³/mol. The summed E-state index contributed by atoms with van der Waals surface area (Å²) in [5, 5.41) is 13.4. The van der Waals surface area contributed by atoms with E-state index in [2.05, 4.69) is 10.3 Å². The Morgan fingerprint density at radius 1 is 1.42 bits per heavy atom. The number of nitrogens with zero attached hydrogens (tertiary/aromatic N) is 2. The topological polar surface area (TPSA) is 114 Å². The van der Waals surface area contributed by atoms with Crippen LogP contribution in [0, 0.1) is 12.8 Å². The zero-order valence-corrected chi connectivity index (χ0v) is 15.2. The van der Waals surface area contributed by atoms with Crippen molar-refractivity contribution in [3.8, 4) is 0 Å².